The van der Waals surface area contributed by atoms with Gasteiger partial charge >= 0.3 is 0 Å². The van der Waals surface area contributed by atoms with Gasteiger partial charge in [0.05, 0.1) is 11.1 Å². The largest absolute Gasteiger partial charge is 0.493 e. The summed E-state index contributed by atoms with van der Waals surface area (Å²) in [6, 6.07) is 17.4. The molecule has 0 heterocycles. The smallest absolute Gasteiger partial charge is 0.133 e. The SMILES string of the molecule is CCOc1ccc(CN[C@H](C)CCc2ccccc2)cc1Br. The summed E-state index contributed by atoms with van der Waals surface area (Å²) in [6.45, 7) is 5.80. The lowest BCUT2D eigenvalue weighted by atomic mass is 10.1. The fourth-order valence-electron chi connectivity index (χ4n) is 2.35. The monoisotopic (exact) mass is 361 g/mol. The molecule has 0 bridgehead atoms. The van der Waals surface area contributed by atoms with E-state index in [1.165, 1.54) is 11.1 Å². The molecule has 2 aromatic rings. The van der Waals surface area contributed by atoms with E-state index in [4.69, 9.17) is 4.74 Å². The molecular formula is C19H24BrNO. The summed E-state index contributed by atoms with van der Waals surface area (Å²) in [7, 11) is 0. The van der Waals surface area contributed by atoms with Crippen molar-refractivity contribution in [2.45, 2.75) is 39.3 Å². The van der Waals surface area contributed by atoms with Crippen LogP contribution in [-0.2, 0) is 13.0 Å². The molecule has 2 rings (SSSR count). The molecule has 1 N–H and O–H groups in total. The van der Waals surface area contributed by atoms with E-state index in [0.717, 1.165) is 29.6 Å². The Labute approximate surface area is 142 Å². The zero-order valence-corrected chi connectivity index (χ0v) is 14.9. The summed E-state index contributed by atoms with van der Waals surface area (Å²) >= 11 is 3.56. The molecule has 0 saturated heterocycles. The molecule has 22 heavy (non-hydrogen) atoms. The molecule has 2 aromatic carbocycles. The van der Waals surface area contributed by atoms with Crippen molar-refractivity contribution < 1.29 is 4.74 Å². The molecule has 3 heteroatoms. The number of hydrogen-bond acceptors (Lipinski definition) is 2. The Morgan fingerprint density at radius 3 is 2.55 bits per heavy atom. The highest BCUT2D eigenvalue weighted by Crippen LogP contribution is 2.26. The van der Waals surface area contributed by atoms with Crippen LogP contribution in [0.2, 0.25) is 0 Å². The summed E-state index contributed by atoms with van der Waals surface area (Å²) < 4.78 is 6.56. The highest BCUT2D eigenvalue weighted by molar-refractivity contribution is 9.10. The number of benzene rings is 2. The molecular weight excluding hydrogens is 338 g/mol. The first-order valence-electron chi connectivity index (χ1n) is 7.87. The van der Waals surface area contributed by atoms with Crippen LogP contribution >= 0.6 is 15.9 Å². The van der Waals surface area contributed by atoms with Gasteiger partial charge in [-0.1, -0.05) is 36.4 Å². The van der Waals surface area contributed by atoms with Crippen LogP contribution in [0.1, 0.15) is 31.4 Å². The van der Waals surface area contributed by atoms with E-state index in [0.29, 0.717) is 12.6 Å². The summed E-state index contributed by atoms with van der Waals surface area (Å²) in [5, 5.41) is 3.59. The number of aryl methyl sites for hydroxylation is 1. The Morgan fingerprint density at radius 2 is 1.86 bits per heavy atom. The van der Waals surface area contributed by atoms with Gasteiger partial charge in [-0.05, 0) is 65.9 Å². The molecule has 0 aliphatic rings. The van der Waals surface area contributed by atoms with Crippen molar-refractivity contribution in [3.63, 3.8) is 0 Å². The molecule has 0 radical (unpaired) electrons. The molecule has 0 fully saturated rings. The van der Waals surface area contributed by atoms with E-state index in [-0.39, 0.29) is 0 Å². The second-order valence-electron chi connectivity index (χ2n) is 5.50. The molecule has 0 aromatic heterocycles. The standard InChI is InChI=1S/C19H24BrNO/c1-3-22-19-12-11-17(13-18(19)20)14-21-15(2)9-10-16-7-5-4-6-8-16/h4-8,11-13,15,21H,3,9-10,14H2,1-2H3/t15-/m1/s1. The molecule has 0 unspecified atom stereocenters. The van der Waals surface area contributed by atoms with E-state index in [1.807, 2.05) is 13.0 Å². The first-order chi connectivity index (χ1) is 10.7. The van der Waals surface area contributed by atoms with Crippen LogP contribution in [0.3, 0.4) is 0 Å². The lowest BCUT2D eigenvalue weighted by Crippen LogP contribution is -2.25. The van der Waals surface area contributed by atoms with Gasteiger partial charge in [-0.2, -0.15) is 0 Å². The maximum Gasteiger partial charge on any atom is 0.133 e. The minimum absolute atomic E-state index is 0.491. The van der Waals surface area contributed by atoms with Crippen LogP contribution in [0.5, 0.6) is 5.75 Å². The molecule has 0 spiro atoms. The zero-order chi connectivity index (χ0) is 15.8. The first-order valence-corrected chi connectivity index (χ1v) is 8.67. The predicted octanol–water partition coefficient (Wildman–Crippen LogP) is 4.96. The number of nitrogens with one attached hydrogen (secondary N) is 1. The van der Waals surface area contributed by atoms with Gasteiger partial charge in [0.1, 0.15) is 5.75 Å². The van der Waals surface area contributed by atoms with Crippen LogP contribution < -0.4 is 10.1 Å². The predicted molar refractivity (Wildman–Crippen MR) is 96.4 cm³/mol. The second-order valence-corrected chi connectivity index (χ2v) is 6.36. The van der Waals surface area contributed by atoms with Crippen molar-refractivity contribution in [3.05, 3.63) is 64.1 Å². The van der Waals surface area contributed by atoms with Gasteiger partial charge < -0.3 is 10.1 Å². The molecule has 0 aliphatic carbocycles. The van der Waals surface area contributed by atoms with Crippen LogP contribution in [0.15, 0.2) is 53.0 Å². The topological polar surface area (TPSA) is 21.3 Å². The van der Waals surface area contributed by atoms with Crippen molar-refractivity contribution in [2.75, 3.05) is 6.61 Å². The minimum atomic E-state index is 0.491. The van der Waals surface area contributed by atoms with E-state index < -0.39 is 0 Å². The fourth-order valence-corrected chi connectivity index (χ4v) is 2.89. The Bertz CT molecular complexity index is 571. The number of rotatable bonds is 8. The van der Waals surface area contributed by atoms with Gasteiger partial charge in [-0.3, -0.25) is 0 Å². The van der Waals surface area contributed by atoms with E-state index in [2.05, 4.69) is 70.6 Å². The molecule has 0 amide bonds. The van der Waals surface area contributed by atoms with Gasteiger partial charge in [0.15, 0.2) is 0 Å². The lowest BCUT2D eigenvalue weighted by molar-refractivity contribution is 0.338. The average Bonchev–Trinajstić information content (AvgIpc) is 2.54. The second kappa shape index (κ2) is 8.96. The highest BCUT2D eigenvalue weighted by atomic mass is 79.9. The highest BCUT2D eigenvalue weighted by Gasteiger charge is 2.05. The van der Waals surface area contributed by atoms with Crippen LogP contribution in [-0.4, -0.2) is 12.6 Å². The minimum Gasteiger partial charge on any atom is -0.493 e. The third-order valence-corrected chi connectivity index (χ3v) is 4.28. The maximum absolute atomic E-state index is 5.54. The maximum atomic E-state index is 5.54. The van der Waals surface area contributed by atoms with E-state index in [9.17, 15) is 0 Å². The van der Waals surface area contributed by atoms with Crippen molar-refractivity contribution in [2.24, 2.45) is 0 Å². The van der Waals surface area contributed by atoms with Crippen molar-refractivity contribution in [3.8, 4) is 5.75 Å². The summed E-state index contributed by atoms with van der Waals surface area (Å²) in [5.74, 6) is 0.906. The summed E-state index contributed by atoms with van der Waals surface area (Å²) in [5.41, 5.74) is 2.67. The van der Waals surface area contributed by atoms with Gasteiger partial charge in [-0.15, -0.1) is 0 Å². The zero-order valence-electron chi connectivity index (χ0n) is 13.3. The van der Waals surface area contributed by atoms with Gasteiger partial charge in [-0.25, -0.2) is 0 Å². The van der Waals surface area contributed by atoms with Crippen molar-refractivity contribution in [1.29, 1.82) is 0 Å². The quantitative estimate of drug-likeness (QED) is 0.717. The Kier molecular flexibility index (Phi) is 6.94. The third kappa shape index (κ3) is 5.47. The fraction of sp³-hybridized carbons (Fsp3) is 0.368. The van der Waals surface area contributed by atoms with E-state index >= 15 is 0 Å². The Morgan fingerprint density at radius 1 is 1.09 bits per heavy atom. The average molecular weight is 362 g/mol. The van der Waals surface area contributed by atoms with Crippen LogP contribution in [0.25, 0.3) is 0 Å². The molecule has 0 saturated carbocycles. The third-order valence-electron chi connectivity index (χ3n) is 3.66. The van der Waals surface area contributed by atoms with E-state index in [1.54, 1.807) is 0 Å². The number of halogens is 1. The van der Waals surface area contributed by atoms with Gasteiger partial charge in [0.25, 0.3) is 0 Å². The van der Waals surface area contributed by atoms with Crippen LogP contribution in [0, 0.1) is 0 Å². The van der Waals surface area contributed by atoms with Crippen LogP contribution in [0.4, 0.5) is 0 Å². The Hall–Kier alpha value is -1.32. The molecule has 2 nitrogen and oxygen atoms in total. The summed E-state index contributed by atoms with van der Waals surface area (Å²) in [6.07, 6.45) is 2.25. The first kappa shape index (κ1) is 17.0. The molecule has 118 valence electrons. The molecule has 1 atom stereocenters. The number of hydrogen-bond donors (Lipinski definition) is 1. The Balaban J connectivity index is 1.78. The van der Waals surface area contributed by atoms with Gasteiger partial charge in [0, 0.05) is 12.6 Å². The normalized spacial score (nSPS) is 12.1. The number of ether oxygens (including phenoxy) is 1. The summed E-state index contributed by atoms with van der Waals surface area (Å²) in [4.78, 5) is 0. The van der Waals surface area contributed by atoms with Crippen molar-refractivity contribution in [1.82, 2.24) is 5.32 Å². The lowest BCUT2D eigenvalue weighted by Gasteiger charge is -2.15. The molecule has 0 aliphatic heterocycles. The van der Waals surface area contributed by atoms with Crippen molar-refractivity contribution >= 4 is 15.9 Å². The van der Waals surface area contributed by atoms with Gasteiger partial charge in [0.2, 0.25) is 0 Å².